The topological polar surface area (TPSA) is 144 Å². The van der Waals surface area contributed by atoms with Crippen LogP contribution in [0.5, 0.6) is 0 Å². The Balaban J connectivity index is 1.53. The van der Waals surface area contributed by atoms with Gasteiger partial charge < -0.3 is 20.6 Å². The molecular weight excluding hydrogens is 471 g/mol. The number of aliphatic hydroxyl groups excluding tert-OH is 2. The Labute approximate surface area is 217 Å². The molecule has 0 radical (unpaired) electrons. The molecule has 0 aromatic heterocycles. The van der Waals surface area contributed by atoms with Gasteiger partial charge in [0, 0.05) is 18.4 Å². The summed E-state index contributed by atoms with van der Waals surface area (Å²) in [6.07, 6.45) is -7.61. The van der Waals surface area contributed by atoms with Gasteiger partial charge in [0.05, 0.1) is 25.4 Å². The largest absolute Gasteiger partial charge is 0.393 e. The highest BCUT2D eigenvalue weighted by molar-refractivity contribution is 7.85. The van der Waals surface area contributed by atoms with Gasteiger partial charge in [0.2, 0.25) is 5.91 Å². The van der Waals surface area contributed by atoms with Gasteiger partial charge in [-0.1, -0.05) is 20.8 Å². The fraction of sp³-hybridized carbons (Fsp3) is 0.962. The molecule has 0 spiro atoms. The van der Waals surface area contributed by atoms with Crippen LogP contribution in [0.15, 0.2) is 0 Å². The summed E-state index contributed by atoms with van der Waals surface area (Å²) in [7, 11) is -4.16. The van der Waals surface area contributed by atoms with Gasteiger partial charge >= 0.3 is 0 Å². The molecule has 0 bridgehead atoms. The molecule has 9 heteroatoms. The Morgan fingerprint density at radius 2 is 1.91 bits per heavy atom. The van der Waals surface area contributed by atoms with E-state index in [1.54, 1.807) is 6.92 Å². The lowest BCUT2D eigenvalue weighted by atomic mass is 9.43. The average molecular weight is 522 g/mol. The Kier molecular flexibility index (Phi) is 5.98. The zero-order valence-corrected chi connectivity index (χ0v) is 21.7. The predicted molar refractivity (Wildman–Crippen MR) is 132 cm³/mol. The predicted octanol–water partition coefficient (Wildman–Crippen LogP) is 2.37. The summed E-state index contributed by atoms with van der Waals surface area (Å²) in [6.45, 7) is 5.68. The SMILES string of the molecule is [2H]C1([2H])C[C@@]2(C)[C@H](C[C@@H](O)[C@@H]3[C@@H]2C[C@H](O)[C@]2(C)[C@@H]([C@H](C)CC[13C](=O)NCCS(=O)(=O)O)CC[C@@H]32)C([2H])([2H])[C@]1([2H])O. The van der Waals surface area contributed by atoms with E-state index in [1.807, 2.05) is 13.8 Å². The van der Waals surface area contributed by atoms with Crippen LogP contribution in [0.2, 0.25) is 0 Å². The van der Waals surface area contributed by atoms with E-state index >= 15 is 0 Å². The first-order chi connectivity index (χ1) is 18.1. The second-order valence-electron chi connectivity index (χ2n) is 12.0. The first-order valence-electron chi connectivity index (χ1n) is 15.4. The molecule has 202 valence electrons. The molecule has 4 fully saturated rings. The summed E-state index contributed by atoms with van der Waals surface area (Å²) in [5.74, 6) is -2.53. The minimum atomic E-state index is -4.16. The number of hydrogen-bond acceptors (Lipinski definition) is 6. The number of rotatable bonds is 7. The third kappa shape index (κ3) is 5.05. The van der Waals surface area contributed by atoms with Crippen LogP contribution in [0, 0.1) is 46.3 Å². The maximum atomic E-state index is 12.3. The highest BCUT2D eigenvalue weighted by atomic mass is 32.2. The van der Waals surface area contributed by atoms with E-state index in [0.717, 1.165) is 12.8 Å². The molecule has 0 unspecified atom stereocenters. The van der Waals surface area contributed by atoms with Gasteiger partial charge in [0.25, 0.3) is 10.1 Å². The number of nitrogens with one attached hydrogen (secondary N) is 1. The molecule has 4 aliphatic carbocycles. The first-order valence-corrected chi connectivity index (χ1v) is 14.5. The molecular formula is C26H45NO7S. The fourth-order valence-corrected chi connectivity index (χ4v) is 8.65. The number of amides is 1. The summed E-state index contributed by atoms with van der Waals surface area (Å²) in [5.41, 5.74) is -1.55. The van der Waals surface area contributed by atoms with Gasteiger partial charge in [0.1, 0.15) is 0 Å². The number of carbonyl (C=O) groups excluding carboxylic acids is 1. The second-order valence-corrected chi connectivity index (χ2v) is 13.5. The van der Waals surface area contributed by atoms with Crippen LogP contribution in [0.1, 0.15) is 85.3 Å². The molecule has 0 heterocycles. The molecule has 35 heavy (non-hydrogen) atoms. The summed E-state index contributed by atoms with van der Waals surface area (Å²) in [6, 6.07) is 0. The molecule has 1 amide bonds. The van der Waals surface area contributed by atoms with Crippen molar-refractivity contribution < 1.29 is 39.9 Å². The van der Waals surface area contributed by atoms with Crippen LogP contribution in [0.3, 0.4) is 0 Å². The normalized spacial score (nSPS) is 53.3. The van der Waals surface area contributed by atoms with E-state index in [4.69, 9.17) is 11.4 Å². The van der Waals surface area contributed by atoms with Crippen molar-refractivity contribution in [1.29, 1.82) is 0 Å². The van der Waals surface area contributed by atoms with E-state index in [1.165, 1.54) is 0 Å². The van der Waals surface area contributed by atoms with Crippen LogP contribution < -0.4 is 5.32 Å². The molecule has 4 saturated carbocycles. The van der Waals surface area contributed by atoms with Crippen molar-refractivity contribution >= 4 is 16.0 Å². The first kappa shape index (κ1) is 21.2. The van der Waals surface area contributed by atoms with Crippen LogP contribution >= 0.6 is 0 Å². The van der Waals surface area contributed by atoms with Crippen LogP contribution in [0.4, 0.5) is 0 Å². The molecule has 0 saturated heterocycles. The molecule has 4 rings (SSSR count). The van der Waals surface area contributed by atoms with Crippen molar-refractivity contribution in [2.45, 2.75) is 96.8 Å². The number of hydrogen-bond donors (Lipinski definition) is 5. The minimum Gasteiger partial charge on any atom is -0.393 e. The maximum Gasteiger partial charge on any atom is 0.266 e. The Bertz CT molecular complexity index is 1110. The van der Waals surface area contributed by atoms with Gasteiger partial charge in [-0.3, -0.25) is 9.35 Å². The summed E-state index contributed by atoms with van der Waals surface area (Å²) < 4.78 is 73.0. The van der Waals surface area contributed by atoms with Crippen molar-refractivity contribution in [3.05, 3.63) is 0 Å². The third-order valence-electron chi connectivity index (χ3n) is 10.2. The molecule has 0 aromatic rings. The summed E-state index contributed by atoms with van der Waals surface area (Å²) in [5, 5.41) is 36.4. The van der Waals surface area contributed by atoms with Gasteiger partial charge in [-0.15, -0.1) is 0 Å². The highest BCUT2D eigenvalue weighted by Crippen LogP contribution is 2.68. The Morgan fingerprint density at radius 1 is 1.20 bits per heavy atom. The fourth-order valence-electron chi connectivity index (χ4n) is 8.29. The minimum absolute atomic E-state index is 0.00850. The van der Waals surface area contributed by atoms with Crippen molar-refractivity contribution in [3.63, 3.8) is 0 Å². The van der Waals surface area contributed by atoms with Gasteiger partial charge in [-0.2, -0.15) is 8.42 Å². The molecule has 5 N–H and O–H groups in total. The lowest BCUT2D eigenvalue weighted by Crippen LogP contribution is -2.62. The van der Waals surface area contributed by atoms with Crippen molar-refractivity contribution in [2.24, 2.45) is 46.3 Å². The van der Waals surface area contributed by atoms with E-state index in [2.05, 4.69) is 5.32 Å². The molecule has 11 atom stereocenters. The lowest BCUT2D eigenvalue weighted by Gasteiger charge is -2.63. The van der Waals surface area contributed by atoms with Crippen molar-refractivity contribution in [2.75, 3.05) is 12.3 Å². The highest BCUT2D eigenvalue weighted by Gasteiger charge is 2.65. The number of carbonyl (C=O) groups is 1. The third-order valence-corrected chi connectivity index (χ3v) is 10.9. The molecule has 8 nitrogen and oxygen atoms in total. The van der Waals surface area contributed by atoms with E-state index in [0.29, 0.717) is 6.42 Å². The molecule has 4 aliphatic rings. The zero-order chi connectivity index (χ0) is 30.3. The van der Waals surface area contributed by atoms with E-state index in [9.17, 15) is 28.5 Å². The van der Waals surface area contributed by atoms with Crippen LogP contribution in [-0.4, -0.2) is 64.8 Å². The van der Waals surface area contributed by atoms with Crippen molar-refractivity contribution in [3.8, 4) is 0 Å². The quantitative estimate of drug-likeness (QED) is 0.255. The van der Waals surface area contributed by atoms with Crippen LogP contribution in [-0.2, 0) is 14.9 Å². The second kappa shape index (κ2) is 9.86. The monoisotopic (exact) mass is 521 g/mol. The number of fused-ring (bicyclic) bond motifs is 5. The number of aliphatic hydroxyl groups is 3. The summed E-state index contributed by atoms with van der Waals surface area (Å²) >= 11 is 0. The van der Waals surface area contributed by atoms with Gasteiger partial charge in [0.15, 0.2) is 0 Å². The average Bonchev–Trinajstić information content (AvgIpc) is 3.16. The Hall–Kier alpha value is -0.740. The molecule has 0 aromatic carbocycles. The molecule has 0 aliphatic heterocycles. The van der Waals surface area contributed by atoms with Gasteiger partial charge in [-0.05, 0) is 97.6 Å². The van der Waals surface area contributed by atoms with Gasteiger partial charge in [-0.25, -0.2) is 0 Å². The van der Waals surface area contributed by atoms with Crippen molar-refractivity contribution in [1.82, 2.24) is 5.32 Å². The van der Waals surface area contributed by atoms with E-state index < -0.39 is 69.6 Å². The Morgan fingerprint density at radius 3 is 2.60 bits per heavy atom. The lowest BCUT2D eigenvalue weighted by molar-refractivity contribution is -0.207. The summed E-state index contributed by atoms with van der Waals surface area (Å²) in [4.78, 5) is 12.3. The van der Waals surface area contributed by atoms with Crippen LogP contribution in [0.25, 0.3) is 0 Å². The maximum absolute atomic E-state index is 12.3. The standard InChI is InChI=1S/C26H45NO7S/c1-15(4-7-23(31)27-10-11-35(32,33)34)18-5-6-19-24-20(14-22(30)26(18,19)3)25(2)9-8-17(28)12-16(25)13-21(24)29/h15-22,24,28-30H,4-14H2,1-3H3,(H,27,31)(H,32,33,34)/t15-,16+,17-,18-,19+,20+,21-,22+,24+,25+,26-/m1/s1/i8D2,12D2,17D,23+1. The zero-order valence-electron chi connectivity index (χ0n) is 25.9. The van der Waals surface area contributed by atoms with E-state index in [-0.39, 0.29) is 61.8 Å². The smallest absolute Gasteiger partial charge is 0.266 e.